The van der Waals surface area contributed by atoms with Crippen molar-refractivity contribution < 1.29 is 33.3 Å². The topological polar surface area (TPSA) is 100 Å². The molecule has 1 amide bonds. The average Bonchev–Trinajstić information content (AvgIpc) is 2.72. The molecule has 1 aliphatic rings. The van der Waals surface area contributed by atoms with Crippen LogP contribution in [0.1, 0.15) is 46.6 Å². The zero-order valence-electron chi connectivity index (χ0n) is 19.6. The molecule has 0 aliphatic carbocycles. The van der Waals surface area contributed by atoms with Gasteiger partial charge in [-0.25, -0.2) is 9.59 Å². The number of carbonyl (C=O) groups excluding carboxylic acids is 3. The van der Waals surface area contributed by atoms with Crippen LogP contribution in [0.25, 0.3) is 0 Å². The van der Waals surface area contributed by atoms with Crippen molar-refractivity contribution in [2.45, 2.75) is 71.3 Å². The molecule has 8 heteroatoms. The molecule has 8 nitrogen and oxygen atoms in total. The number of hydrogen-bond acceptors (Lipinski definition) is 7. The van der Waals surface area contributed by atoms with Crippen LogP contribution in [0.2, 0.25) is 0 Å². The molecule has 0 saturated carbocycles. The summed E-state index contributed by atoms with van der Waals surface area (Å²) in [7, 11) is 0. The SMILES string of the molecule is CC(=O)CCO[C@@H]1[C@@H](Cc2ccccc2)COC[C@H](NC(=O)OC(C)(C)C)C(=O)O[C@H]1C. The Hall–Kier alpha value is -2.45. The van der Waals surface area contributed by atoms with E-state index < -0.39 is 35.9 Å². The van der Waals surface area contributed by atoms with Crippen molar-refractivity contribution in [3.63, 3.8) is 0 Å². The normalized spacial score (nSPS) is 24.5. The molecule has 32 heavy (non-hydrogen) atoms. The smallest absolute Gasteiger partial charge is 0.408 e. The number of nitrogens with one attached hydrogen (secondary N) is 1. The highest BCUT2D eigenvalue weighted by atomic mass is 16.6. The number of esters is 1. The highest BCUT2D eigenvalue weighted by Gasteiger charge is 2.36. The number of ether oxygens (including phenoxy) is 4. The number of amides is 1. The highest BCUT2D eigenvalue weighted by molar-refractivity contribution is 5.81. The van der Waals surface area contributed by atoms with Crippen LogP contribution in [0.3, 0.4) is 0 Å². The van der Waals surface area contributed by atoms with Gasteiger partial charge in [0.15, 0.2) is 6.04 Å². The first kappa shape index (κ1) is 25.8. The van der Waals surface area contributed by atoms with E-state index in [4.69, 9.17) is 18.9 Å². The molecule has 0 aromatic heterocycles. The number of carbonyl (C=O) groups is 3. The zero-order valence-corrected chi connectivity index (χ0v) is 19.6. The van der Waals surface area contributed by atoms with Crippen molar-refractivity contribution in [1.29, 1.82) is 0 Å². The average molecular weight is 450 g/mol. The van der Waals surface area contributed by atoms with E-state index in [1.54, 1.807) is 27.7 Å². The van der Waals surface area contributed by atoms with E-state index in [2.05, 4.69) is 5.32 Å². The third-order valence-corrected chi connectivity index (χ3v) is 4.93. The highest BCUT2D eigenvalue weighted by Crippen LogP contribution is 2.23. The van der Waals surface area contributed by atoms with Crippen molar-refractivity contribution >= 4 is 17.8 Å². The monoisotopic (exact) mass is 449 g/mol. The lowest BCUT2D eigenvalue weighted by molar-refractivity contribution is -0.160. The molecular weight excluding hydrogens is 414 g/mol. The van der Waals surface area contributed by atoms with Gasteiger partial charge in [0.25, 0.3) is 0 Å². The number of rotatable bonds is 7. The van der Waals surface area contributed by atoms with Gasteiger partial charge in [-0.2, -0.15) is 0 Å². The van der Waals surface area contributed by atoms with Crippen LogP contribution in [0.4, 0.5) is 4.79 Å². The first-order valence-electron chi connectivity index (χ1n) is 11.0. The van der Waals surface area contributed by atoms with E-state index in [0.29, 0.717) is 13.0 Å². The van der Waals surface area contributed by atoms with E-state index in [1.807, 2.05) is 30.3 Å². The maximum absolute atomic E-state index is 12.7. The van der Waals surface area contributed by atoms with Crippen LogP contribution >= 0.6 is 0 Å². The molecular formula is C24H35NO7. The number of ketones is 1. The molecule has 4 atom stereocenters. The predicted molar refractivity (Wildman–Crippen MR) is 118 cm³/mol. The van der Waals surface area contributed by atoms with Crippen molar-refractivity contribution in [3.8, 4) is 0 Å². The van der Waals surface area contributed by atoms with Gasteiger partial charge in [0.2, 0.25) is 0 Å². The van der Waals surface area contributed by atoms with Crippen LogP contribution in [-0.4, -0.2) is 61.5 Å². The summed E-state index contributed by atoms with van der Waals surface area (Å²) in [5, 5.41) is 2.53. The Morgan fingerprint density at radius 3 is 2.47 bits per heavy atom. The predicted octanol–water partition coefficient (Wildman–Crippen LogP) is 3.06. The fourth-order valence-electron chi connectivity index (χ4n) is 3.47. The Kier molecular flexibility index (Phi) is 9.65. The van der Waals surface area contributed by atoms with E-state index >= 15 is 0 Å². The Bertz CT molecular complexity index is 759. The second-order valence-electron chi connectivity index (χ2n) is 9.12. The van der Waals surface area contributed by atoms with Gasteiger partial charge in [-0.05, 0) is 46.6 Å². The van der Waals surface area contributed by atoms with Gasteiger partial charge in [-0.15, -0.1) is 0 Å². The maximum Gasteiger partial charge on any atom is 0.408 e. The number of cyclic esters (lactones) is 1. The summed E-state index contributed by atoms with van der Waals surface area (Å²) in [6.07, 6.45) is -0.868. The van der Waals surface area contributed by atoms with Crippen LogP contribution < -0.4 is 5.32 Å². The van der Waals surface area contributed by atoms with Crippen molar-refractivity contribution in [1.82, 2.24) is 5.32 Å². The summed E-state index contributed by atoms with van der Waals surface area (Å²) >= 11 is 0. The van der Waals surface area contributed by atoms with Gasteiger partial charge >= 0.3 is 12.1 Å². The molecule has 1 aromatic rings. The van der Waals surface area contributed by atoms with Gasteiger partial charge < -0.3 is 24.3 Å². The summed E-state index contributed by atoms with van der Waals surface area (Å²) in [4.78, 5) is 36.3. The van der Waals surface area contributed by atoms with Gasteiger partial charge in [0, 0.05) is 12.3 Å². The van der Waals surface area contributed by atoms with Crippen LogP contribution in [0, 0.1) is 5.92 Å². The summed E-state index contributed by atoms with van der Waals surface area (Å²) in [6, 6.07) is 8.90. The molecule has 1 N–H and O–H groups in total. The van der Waals surface area contributed by atoms with Gasteiger partial charge in [-0.3, -0.25) is 4.79 Å². The van der Waals surface area contributed by atoms with Crippen LogP contribution in [0.5, 0.6) is 0 Å². The second kappa shape index (κ2) is 12.0. The number of Topliss-reactive ketones (excluding diaryl/α,β-unsaturated/α-hetero) is 1. The maximum atomic E-state index is 12.7. The Balaban J connectivity index is 2.15. The fourth-order valence-corrected chi connectivity index (χ4v) is 3.47. The molecule has 1 saturated heterocycles. The Labute approximate surface area is 189 Å². The van der Waals surface area contributed by atoms with E-state index in [9.17, 15) is 14.4 Å². The number of benzene rings is 1. The van der Waals surface area contributed by atoms with Crippen LogP contribution in [-0.2, 0) is 35.0 Å². The third kappa shape index (κ3) is 8.96. The Morgan fingerprint density at radius 2 is 1.84 bits per heavy atom. The lowest BCUT2D eigenvalue weighted by Crippen LogP contribution is -2.47. The fraction of sp³-hybridized carbons (Fsp3) is 0.625. The molecule has 1 fully saturated rings. The molecule has 1 aliphatic heterocycles. The minimum Gasteiger partial charge on any atom is -0.458 e. The lowest BCUT2D eigenvalue weighted by atomic mass is 9.91. The number of hydrogen-bond donors (Lipinski definition) is 1. The minimum absolute atomic E-state index is 0.0233. The van der Waals surface area contributed by atoms with E-state index in [1.165, 1.54) is 6.92 Å². The van der Waals surface area contributed by atoms with Crippen molar-refractivity contribution in [2.75, 3.05) is 19.8 Å². The molecule has 0 radical (unpaired) electrons. The van der Waals surface area contributed by atoms with Gasteiger partial charge in [0.1, 0.15) is 17.5 Å². The molecule has 2 rings (SSSR count). The molecule has 0 spiro atoms. The standard InChI is InChI=1S/C24H35NO7/c1-16(26)11-12-30-21-17(2)31-22(27)20(25-23(28)32-24(3,4)5)15-29-14-19(21)13-18-9-7-6-8-10-18/h6-10,17,19-21H,11-15H2,1-5H3,(H,25,28)/t17-,19-,20-,21-/m0/s1. The van der Waals surface area contributed by atoms with Gasteiger partial charge in [0.05, 0.1) is 25.9 Å². The first-order valence-corrected chi connectivity index (χ1v) is 11.0. The molecule has 178 valence electrons. The van der Waals surface area contributed by atoms with Crippen molar-refractivity contribution in [2.24, 2.45) is 5.92 Å². The first-order chi connectivity index (χ1) is 15.0. The summed E-state index contributed by atoms with van der Waals surface area (Å²) < 4.78 is 22.8. The Morgan fingerprint density at radius 1 is 1.16 bits per heavy atom. The molecule has 0 bridgehead atoms. The quantitative estimate of drug-likeness (QED) is 0.639. The number of alkyl carbamates (subject to hydrolysis) is 1. The zero-order chi connectivity index (χ0) is 23.7. The van der Waals surface area contributed by atoms with E-state index in [0.717, 1.165) is 5.56 Å². The van der Waals surface area contributed by atoms with Gasteiger partial charge in [-0.1, -0.05) is 30.3 Å². The van der Waals surface area contributed by atoms with E-state index in [-0.39, 0.29) is 31.3 Å². The lowest BCUT2D eigenvalue weighted by Gasteiger charge is -2.30. The summed E-state index contributed by atoms with van der Waals surface area (Å²) in [5.41, 5.74) is 0.402. The van der Waals surface area contributed by atoms with Crippen LogP contribution in [0.15, 0.2) is 30.3 Å². The minimum atomic E-state index is -0.999. The van der Waals surface area contributed by atoms with Crippen molar-refractivity contribution in [3.05, 3.63) is 35.9 Å². The molecule has 1 heterocycles. The largest absolute Gasteiger partial charge is 0.458 e. The second-order valence-corrected chi connectivity index (χ2v) is 9.12. The third-order valence-electron chi connectivity index (χ3n) is 4.93. The summed E-state index contributed by atoms with van der Waals surface area (Å²) in [6.45, 7) is 8.96. The summed E-state index contributed by atoms with van der Waals surface area (Å²) in [5.74, 6) is -0.716. The molecule has 1 aromatic carbocycles. The molecule has 0 unspecified atom stereocenters.